The van der Waals surface area contributed by atoms with Crippen LogP contribution in [0.1, 0.15) is 23.4 Å². The van der Waals surface area contributed by atoms with E-state index in [2.05, 4.69) is 39.2 Å². The van der Waals surface area contributed by atoms with E-state index in [4.69, 9.17) is 17.3 Å². The summed E-state index contributed by atoms with van der Waals surface area (Å²) in [5.41, 5.74) is 6.86. The molecule has 0 spiro atoms. The van der Waals surface area contributed by atoms with Crippen molar-refractivity contribution >= 4 is 44.7 Å². The van der Waals surface area contributed by atoms with Crippen LogP contribution in [0.25, 0.3) is 0 Å². The summed E-state index contributed by atoms with van der Waals surface area (Å²) in [7, 11) is 0. The number of pyridine rings is 1. The molecule has 0 aliphatic heterocycles. The standard InChI is InChI=1S/C12H13BrClN3S/c1-2-16-11(9-3-4-10(13)18-9)8-5-7(14)6-17-12(8)15/h3-6,11,16H,2H2,1H3,(H2,15,17). The first-order valence-electron chi connectivity index (χ1n) is 5.51. The number of halogens is 2. The van der Waals surface area contributed by atoms with Gasteiger partial charge in [0, 0.05) is 16.6 Å². The van der Waals surface area contributed by atoms with Gasteiger partial charge in [0.2, 0.25) is 0 Å². The molecule has 0 saturated carbocycles. The van der Waals surface area contributed by atoms with E-state index in [1.807, 2.05) is 12.1 Å². The molecular formula is C12H13BrClN3S. The van der Waals surface area contributed by atoms with Crippen LogP contribution in [0.5, 0.6) is 0 Å². The minimum atomic E-state index is 0.0255. The van der Waals surface area contributed by atoms with E-state index in [9.17, 15) is 0 Å². The summed E-state index contributed by atoms with van der Waals surface area (Å²) in [5.74, 6) is 0.509. The van der Waals surface area contributed by atoms with Gasteiger partial charge in [-0.1, -0.05) is 18.5 Å². The van der Waals surface area contributed by atoms with Crippen LogP contribution in [0.4, 0.5) is 5.82 Å². The van der Waals surface area contributed by atoms with Gasteiger partial charge in [-0.15, -0.1) is 11.3 Å². The molecule has 0 bridgehead atoms. The molecule has 2 aromatic rings. The molecule has 0 aliphatic rings. The van der Waals surface area contributed by atoms with Gasteiger partial charge in [-0.05, 0) is 40.7 Å². The number of nitrogens with one attached hydrogen (secondary N) is 1. The van der Waals surface area contributed by atoms with Crippen molar-refractivity contribution in [1.82, 2.24) is 10.3 Å². The maximum Gasteiger partial charge on any atom is 0.128 e. The maximum atomic E-state index is 6.00. The predicted molar refractivity (Wildman–Crippen MR) is 81.2 cm³/mol. The Labute approximate surface area is 124 Å². The molecule has 0 aromatic carbocycles. The van der Waals surface area contributed by atoms with Gasteiger partial charge in [-0.3, -0.25) is 0 Å². The molecular weight excluding hydrogens is 334 g/mol. The first-order valence-corrected chi connectivity index (χ1v) is 7.50. The van der Waals surface area contributed by atoms with Crippen molar-refractivity contribution in [1.29, 1.82) is 0 Å². The number of thiophene rings is 1. The van der Waals surface area contributed by atoms with Gasteiger partial charge in [0.05, 0.1) is 14.9 Å². The number of rotatable bonds is 4. The van der Waals surface area contributed by atoms with E-state index in [1.165, 1.54) is 4.88 Å². The monoisotopic (exact) mass is 345 g/mol. The molecule has 1 unspecified atom stereocenters. The zero-order valence-corrected chi connectivity index (χ0v) is 12.9. The van der Waals surface area contributed by atoms with Gasteiger partial charge >= 0.3 is 0 Å². The summed E-state index contributed by atoms with van der Waals surface area (Å²) < 4.78 is 1.09. The molecule has 96 valence electrons. The number of anilines is 1. The summed E-state index contributed by atoms with van der Waals surface area (Å²) in [4.78, 5) is 5.29. The molecule has 2 heterocycles. The summed E-state index contributed by atoms with van der Waals surface area (Å²) in [6, 6.07) is 5.99. The zero-order valence-electron chi connectivity index (χ0n) is 9.78. The Kier molecular flexibility index (Phi) is 4.61. The normalized spacial score (nSPS) is 12.6. The van der Waals surface area contributed by atoms with Gasteiger partial charge in [0.1, 0.15) is 5.82 Å². The van der Waals surface area contributed by atoms with E-state index < -0.39 is 0 Å². The Balaban J connectivity index is 2.44. The molecule has 2 rings (SSSR count). The number of nitrogens with two attached hydrogens (primary N) is 1. The molecule has 6 heteroatoms. The fourth-order valence-corrected chi connectivity index (χ4v) is 3.43. The maximum absolute atomic E-state index is 6.00. The van der Waals surface area contributed by atoms with Crippen molar-refractivity contribution in [2.75, 3.05) is 12.3 Å². The SMILES string of the molecule is CCNC(c1ccc(Br)s1)c1cc(Cl)cnc1N. The van der Waals surface area contributed by atoms with Crippen LogP contribution < -0.4 is 11.1 Å². The lowest BCUT2D eigenvalue weighted by molar-refractivity contribution is 0.639. The number of aromatic nitrogens is 1. The van der Waals surface area contributed by atoms with Gasteiger partial charge in [0.15, 0.2) is 0 Å². The number of hydrogen-bond donors (Lipinski definition) is 2. The highest BCUT2D eigenvalue weighted by atomic mass is 79.9. The van der Waals surface area contributed by atoms with Crippen molar-refractivity contribution in [3.8, 4) is 0 Å². The van der Waals surface area contributed by atoms with E-state index in [1.54, 1.807) is 17.5 Å². The largest absolute Gasteiger partial charge is 0.383 e. The molecule has 3 nitrogen and oxygen atoms in total. The summed E-state index contributed by atoms with van der Waals surface area (Å²) >= 11 is 11.1. The number of hydrogen-bond acceptors (Lipinski definition) is 4. The average molecular weight is 347 g/mol. The van der Waals surface area contributed by atoms with Crippen molar-refractivity contribution < 1.29 is 0 Å². The quantitative estimate of drug-likeness (QED) is 0.884. The van der Waals surface area contributed by atoms with Crippen LogP contribution in [-0.4, -0.2) is 11.5 Å². The van der Waals surface area contributed by atoms with Crippen LogP contribution in [0.3, 0.4) is 0 Å². The second-order valence-corrected chi connectivity index (χ2v) is 6.69. The van der Waals surface area contributed by atoms with Gasteiger partial charge < -0.3 is 11.1 Å². The topological polar surface area (TPSA) is 50.9 Å². The summed E-state index contributed by atoms with van der Waals surface area (Å²) in [6.07, 6.45) is 1.56. The smallest absolute Gasteiger partial charge is 0.128 e. The molecule has 1 atom stereocenters. The Morgan fingerprint density at radius 2 is 2.33 bits per heavy atom. The van der Waals surface area contributed by atoms with E-state index in [0.29, 0.717) is 10.8 Å². The first kappa shape index (κ1) is 13.8. The highest BCUT2D eigenvalue weighted by Gasteiger charge is 2.18. The fraction of sp³-hybridized carbons (Fsp3) is 0.250. The predicted octanol–water partition coefficient (Wildman–Crippen LogP) is 3.84. The summed E-state index contributed by atoms with van der Waals surface area (Å²) in [5, 5.41) is 4.00. The summed E-state index contributed by atoms with van der Waals surface area (Å²) in [6.45, 7) is 2.90. The Morgan fingerprint density at radius 3 is 2.94 bits per heavy atom. The van der Waals surface area contributed by atoms with Crippen molar-refractivity contribution in [2.45, 2.75) is 13.0 Å². The average Bonchev–Trinajstić information content (AvgIpc) is 2.76. The molecule has 0 amide bonds. The first-order chi connectivity index (χ1) is 8.61. The van der Waals surface area contributed by atoms with Crippen LogP contribution in [0.2, 0.25) is 5.02 Å². The van der Waals surface area contributed by atoms with Crippen molar-refractivity contribution in [3.05, 3.63) is 43.6 Å². The molecule has 0 saturated heterocycles. The van der Waals surface area contributed by atoms with Gasteiger partial charge in [-0.2, -0.15) is 0 Å². The zero-order chi connectivity index (χ0) is 13.1. The van der Waals surface area contributed by atoms with Gasteiger partial charge in [-0.25, -0.2) is 4.98 Å². The third-order valence-electron chi connectivity index (χ3n) is 2.51. The Morgan fingerprint density at radius 1 is 1.56 bits per heavy atom. The lowest BCUT2D eigenvalue weighted by Gasteiger charge is -2.18. The second-order valence-electron chi connectivity index (χ2n) is 3.76. The minimum absolute atomic E-state index is 0.0255. The molecule has 0 aliphatic carbocycles. The van der Waals surface area contributed by atoms with Crippen LogP contribution in [0, 0.1) is 0 Å². The van der Waals surface area contributed by atoms with E-state index in [-0.39, 0.29) is 6.04 Å². The van der Waals surface area contributed by atoms with Crippen molar-refractivity contribution in [3.63, 3.8) is 0 Å². The van der Waals surface area contributed by atoms with E-state index in [0.717, 1.165) is 15.9 Å². The third kappa shape index (κ3) is 3.03. The molecule has 0 fully saturated rings. The molecule has 0 radical (unpaired) electrons. The minimum Gasteiger partial charge on any atom is -0.383 e. The Hall–Kier alpha value is -0.620. The van der Waals surface area contributed by atoms with Crippen LogP contribution in [-0.2, 0) is 0 Å². The molecule has 2 aromatic heterocycles. The van der Waals surface area contributed by atoms with Gasteiger partial charge in [0.25, 0.3) is 0 Å². The second kappa shape index (κ2) is 6.02. The fourth-order valence-electron chi connectivity index (χ4n) is 1.75. The lowest BCUT2D eigenvalue weighted by atomic mass is 10.1. The third-order valence-corrected chi connectivity index (χ3v) is 4.41. The number of nitrogens with zero attached hydrogens (tertiary/aromatic N) is 1. The lowest BCUT2D eigenvalue weighted by Crippen LogP contribution is -2.22. The van der Waals surface area contributed by atoms with Crippen molar-refractivity contribution in [2.24, 2.45) is 0 Å². The highest BCUT2D eigenvalue weighted by Crippen LogP contribution is 2.33. The number of nitrogen functional groups attached to an aromatic ring is 1. The highest BCUT2D eigenvalue weighted by molar-refractivity contribution is 9.11. The van der Waals surface area contributed by atoms with Crippen LogP contribution in [0.15, 0.2) is 28.2 Å². The Bertz CT molecular complexity index is 544. The molecule has 3 N–H and O–H groups in total. The van der Waals surface area contributed by atoms with Crippen LogP contribution >= 0.6 is 38.9 Å². The van der Waals surface area contributed by atoms with E-state index >= 15 is 0 Å². The molecule has 18 heavy (non-hydrogen) atoms.